The Balaban J connectivity index is 1.74. The van der Waals surface area contributed by atoms with E-state index < -0.39 is 0 Å². The highest BCUT2D eigenvalue weighted by molar-refractivity contribution is 7.99. The maximum Gasteiger partial charge on any atom is 0.0290 e. The zero-order valence-corrected chi connectivity index (χ0v) is 10.9. The quantitative estimate of drug-likeness (QED) is 0.635. The van der Waals surface area contributed by atoms with Gasteiger partial charge >= 0.3 is 0 Å². The first-order valence-electron chi connectivity index (χ1n) is 6.56. The topological polar surface area (TPSA) is 38.0 Å². The summed E-state index contributed by atoms with van der Waals surface area (Å²) in [6, 6.07) is 9.23. The number of hydrogen-bond donors (Lipinski definition) is 2. The largest absolute Gasteiger partial charge is 0.271 e. The molecule has 0 bridgehead atoms. The molecule has 0 radical (unpaired) electrons. The highest BCUT2D eigenvalue weighted by Gasteiger charge is 2.32. The second-order valence-corrected chi connectivity index (χ2v) is 6.32. The second kappa shape index (κ2) is 5.01. The fourth-order valence-electron chi connectivity index (χ4n) is 2.96. The number of thioether (sulfide) groups is 1. The molecule has 0 saturated heterocycles. The lowest BCUT2D eigenvalue weighted by molar-refractivity contribution is 0.249. The molecule has 3 N–H and O–H groups in total. The van der Waals surface area contributed by atoms with Crippen molar-refractivity contribution in [2.45, 2.75) is 42.5 Å². The van der Waals surface area contributed by atoms with Crippen molar-refractivity contribution in [3.63, 3.8) is 0 Å². The summed E-state index contributed by atoms with van der Waals surface area (Å²) in [5.41, 5.74) is 4.57. The van der Waals surface area contributed by atoms with E-state index in [1.54, 1.807) is 0 Å². The van der Waals surface area contributed by atoms with Crippen LogP contribution in [0.3, 0.4) is 0 Å². The molecule has 2 aliphatic rings. The van der Waals surface area contributed by atoms with Crippen LogP contribution in [0.2, 0.25) is 0 Å². The van der Waals surface area contributed by atoms with E-state index in [2.05, 4.69) is 29.7 Å². The first kappa shape index (κ1) is 11.6. The van der Waals surface area contributed by atoms with E-state index in [0.717, 1.165) is 5.92 Å². The molecule has 0 spiro atoms. The zero-order valence-electron chi connectivity index (χ0n) is 10.1. The maximum atomic E-state index is 5.78. The van der Waals surface area contributed by atoms with Crippen LogP contribution in [0, 0.1) is 5.92 Å². The Morgan fingerprint density at radius 1 is 1.35 bits per heavy atom. The van der Waals surface area contributed by atoms with Crippen molar-refractivity contribution in [2.75, 3.05) is 5.75 Å². The molecular weight excluding hydrogens is 228 g/mol. The van der Waals surface area contributed by atoms with Gasteiger partial charge in [-0.3, -0.25) is 11.3 Å². The van der Waals surface area contributed by atoms with E-state index in [9.17, 15) is 0 Å². The van der Waals surface area contributed by atoms with Gasteiger partial charge in [0.25, 0.3) is 0 Å². The first-order valence-corrected chi connectivity index (χ1v) is 7.55. The molecule has 1 aromatic carbocycles. The summed E-state index contributed by atoms with van der Waals surface area (Å²) in [7, 11) is 0. The summed E-state index contributed by atoms with van der Waals surface area (Å²) in [5, 5.41) is 0. The van der Waals surface area contributed by atoms with Gasteiger partial charge in [-0.15, -0.1) is 11.8 Å². The normalized spacial score (nSPS) is 25.4. The lowest BCUT2D eigenvalue weighted by Crippen LogP contribution is -2.42. The molecule has 0 aromatic heterocycles. The molecule has 17 heavy (non-hydrogen) atoms. The summed E-state index contributed by atoms with van der Waals surface area (Å²) < 4.78 is 0. The summed E-state index contributed by atoms with van der Waals surface area (Å²) in [6.07, 6.45) is 5.47. The zero-order chi connectivity index (χ0) is 11.7. The van der Waals surface area contributed by atoms with Gasteiger partial charge in [-0.2, -0.15) is 0 Å². The molecule has 1 saturated carbocycles. The van der Waals surface area contributed by atoms with Gasteiger partial charge in [0.05, 0.1) is 0 Å². The smallest absolute Gasteiger partial charge is 0.0290 e. The predicted octanol–water partition coefficient (Wildman–Crippen LogP) is 2.90. The van der Waals surface area contributed by atoms with Gasteiger partial charge in [0.15, 0.2) is 0 Å². The number of hydrogen-bond acceptors (Lipinski definition) is 3. The van der Waals surface area contributed by atoms with Gasteiger partial charge in [-0.05, 0) is 24.0 Å². The molecule has 1 fully saturated rings. The van der Waals surface area contributed by atoms with Crippen LogP contribution in [0.1, 0.15) is 37.2 Å². The number of hydrazine groups is 1. The summed E-state index contributed by atoms with van der Waals surface area (Å²) in [4.78, 5) is 1.45. The number of nitrogens with one attached hydrogen (secondary N) is 1. The van der Waals surface area contributed by atoms with Crippen LogP contribution in [0.4, 0.5) is 0 Å². The minimum Gasteiger partial charge on any atom is -0.271 e. The Bertz CT molecular complexity index is 390. The van der Waals surface area contributed by atoms with Crippen molar-refractivity contribution in [3.05, 3.63) is 29.8 Å². The van der Waals surface area contributed by atoms with Crippen LogP contribution in [0.15, 0.2) is 29.2 Å². The third-order valence-electron chi connectivity index (χ3n) is 4.25. The van der Waals surface area contributed by atoms with Crippen LogP contribution in [0.25, 0.3) is 0 Å². The van der Waals surface area contributed by atoms with Crippen molar-refractivity contribution in [1.82, 2.24) is 5.43 Å². The minimum atomic E-state index is 0.455. The van der Waals surface area contributed by atoms with Crippen molar-refractivity contribution >= 4 is 11.8 Å². The van der Waals surface area contributed by atoms with Crippen molar-refractivity contribution in [1.29, 1.82) is 0 Å². The van der Waals surface area contributed by atoms with Gasteiger partial charge in [-0.25, -0.2) is 0 Å². The Morgan fingerprint density at radius 3 is 2.88 bits per heavy atom. The third-order valence-corrected chi connectivity index (χ3v) is 5.46. The van der Waals surface area contributed by atoms with E-state index in [0.29, 0.717) is 12.0 Å². The molecule has 1 heterocycles. The monoisotopic (exact) mass is 248 g/mol. The summed E-state index contributed by atoms with van der Waals surface area (Å²) in [5.74, 6) is 8.47. The molecule has 1 aliphatic heterocycles. The first-order chi connectivity index (χ1) is 8.38. The Labute approximate surface area is 107 Å². The Kier molecular flexibility index (Phi) is 3.41. The lowest BCUT2D eigenvalue weighted by Gasteiger charge is -2.32. The van der Waals surface area contributed by atoms with Crippen molar-refractivity contribution in [2.24, 2.45) is 11.8 Å². The molecule has 1 aromatic rings. The summed E-state index contributed by atoms with van der Waals surface area (Å²) >= 11 is 1.98. The molecular formula is C14H20N2S. The van der Waals surface area contributed by atoms with E-state index in [4.69, 9.17) is 5.84 Å². The number of benzene rings is 1. The highest BCUT2D eigenvalue weighted by atomic mass is 32.2. The van der Waals surface area contributed by atoms with Gasteiger partial charge in [0, 0.05) is 22.6 Å². The average molecular weight is 248 g/mol. The van der Waals surface area contributed by atoms with Crippen LogP contribution in [0.5, 0.6) is 0 Å². The molecule has 3 rings (SSSR count). The van der Waals surface area contributed by atoms with E-state index in [1.165, 1.54) is 41.9 Å². The lowest BCUT2D eigenvalue weighted by atomic mass is 9.77. The van der Waals surface area contributed by atoms with E-state index in [-0.39, 0.29) is 0 Å². The number of fused-ring (bicyclic) bond motifs is 1. The van der Waals surface area contributed by atoms with Crippen molar-refractivity contribution in [3.8, 4) is 0 Å². The molecule has 2 nitrogen and oxygen atoms in total. The van der Waals surface area contributed by atoms with E-state index in [1.807, 2.05) is 11.8 Å². The predicted molar refractivity (Wildman–Crippen MR) is 73.0 cm³/mol. The number of nitrogens with two attached hydrogens (primary N) is 1. The van der Waals surface area contributed by atoms with Crippen LogP contribution < -0.4 is 11.3 Å². The van der Waals surface area contributed by atoms with Gasteiger partial charge in [-0.1, -0.05) is 37.5 Å². The van der Waals surface area contributed by atoms with Gasteiger partial charge in [0.2, 0.25) is 0 Å². The Hall–Kier alpha value is -0.510. The summed E-state index contributed by atoms with van der Waals surface area (Å²) in [6.45, 7) is 0. The van der Waals surface area contributed by atoms with Gasteiger partial charge in [0.1, 0.15) is 0 Å². The second-order valence-electron chi connectivity index (χ2n) is 5.26. The van der Waals surface area contributed by atoms with Crippen LogP contribution in [-0.4, -0.2) is 11.8 Å². The van der Waals surface area contributed by atoms with E-state index >= 15 is 0 Å². The standard InChI is InChI=1S/C14H20N2S/c15-16-13(8-10-4-3-5-10)12-9-17-14-7-2-1-6-11(12)14/h1-2,6-7,10,12-13,16H,3-5,8-9,15H2. The highest BCUT2D eigenvalue weighted by Crippen LogP contribution is 2.43. The molecule has 3 heteroatoms. The fourth-order valence-corrected chi connectivity index (χ4v) is 4.29. The third kappa shape index (κ3) is 2.24. The van der Waals surface area contributed by atoms with Crippen molar-refractivity contribution < 1.29 is 0 Å². The van der Waals surface area contributed by atoms with Crippen LogP contribution in [-0.2, 0) is 0 Å². The molecule has 92 valence electrons. The van der Waals surface area contributed by atoms with Crippen LogP contribution >= 0.6 is 11.8 Å². The molecule has 1 aliphatic carbocycles. The average Bonchev–Trinajstić information content (AvgIpc) is 2.72. The molecule has 2 atom stereocenters. The minimum absolute atomic E-state index is 0.455. The Morgan fingerprint density at radius 2 is 2.18 bits per heavy atom. The number of rotatable bonds is 4. The molecule has 0 amide bonds. The SMILES string of the molecule is NNC(CC1CCC1)C1CSc2ccccc21. The maximum absolute atomic E-state index is 5.78. The molecule has 2 unspecified atom stereocenters. The van der Waals surface area contributed by atoms with Gasteiger partial charge < -0.3 is 0 Å². The fraction of sp³-hybridized carbons (Fsp3) is 0.571.